The van der Waals surface area contributed by atoms with Crippen LogP contribution < -0.4 is 16.0 Å². The summed E-state index contributed by atoms with van der Waals surface area (Å²) in [6, 6.07) is 0. The molecule has 0 aromatic rings. The van der Waals surface area contributed by atoms with Crippen molar-refractivity contribution in [2.75, 3.05) is 7.05 Å². The van der Waals surface area contributed by atoms with Crippen LogP contribution in [0.2, 0.25) is 0 Å². The third-order valence-corrected chi connectivity index (χ3v) is 2.09. The number of hydrogen-bond acceptors (Lipinski definition) is 3. The lowest BCUT2D eigenvalue weighted by atomic mass is 9.95. The van der Waals surface area contributed by atoms with Gasteiger partial charge in [-0.25, -0.2) is 0 Å². The third-order valence-electron chi connectivity index (χ3n) is 2.09. The molecule has 0 heterocycles. The second-order valence-electron chi connectivity index (χ2n) is 4.69. The van der Waals surface area contributed by atoms with Crippen molar-refractivity contribution >= 4 is 17.7 Å². The van der Waals surface area contributed by atoms with Crippen LogP contribution in [0.4, 0.5) is 0 Å². The third kappa shape index (κ3) is 5.33. The zero-order chi connectivity index (χ0) is 13.6. The lowest BCUT2D eigenvalue weighted by Crippen LogP contribution is -2.57. The van der Waals surface area contributed by atoms with Gasteiger partial charge in [-0.1, -0.05) is 27.7 Å². The number of likely N-dealkylation sites (N-methyl/N-ethyl adjacent to an activating group) is 1. The van der Waals surface area contributed by atoms with E-state index in [0.29, 0.717) is 0 Å². The largest absolute Gasteiger partial charge is 0.356 e. The highest BCUT2D eigenvalue weighted by molar-refractivity contribution is 5.92. The lowest BCUT2D eigenvalue weighted by Gasteiger charge is -2.23. The number of amides is 3. The summed E-state index contributed by atoms with van der Waals surface area (Å²) in [7, 11) is 1.44. The first-order chi connectivity index (χ1) is 7.72. The first-order valence-corrected chi connectivity index (χ1v) is 5.54. The molecule has 17 heavy (non-hydrogen) atoms. The first kappa shape index (κ1) is 15.4. The summed E-state index contributed by atoms with van der Waals surface area (Å²) in [6.07, 6.45) is -0.780. The summed E-state index contributed by atoms with van der Waals surface area (Å²) in [5, 5.41) is 7.31. The number of rotatable bonds is 4. The van der Waals surface area contributed by atoms with E-state index in [1.54, 1.807) is 27.7 Å². The van der Waals surface area contributed by atoms with Crippen LogP contribution in [0.3, 0.4) is 0 Å². The van der Waals surface area contributed by atoms with Gasteiger partial charge >= 0.3 is 0 Å². The number of nitrogens with one attached hydrogen (secondary N) is 3. The Balaban J connectivity index is 4.66. The molecule has 0 spiro atoms. The van der Waals surface area contributed by atoms with Crippen molar-refractivity contribution in [1.29, 1.82) is 0 Å². The van der Waals surface area contributed by atoms with Gasteiger partial charge in [-0.3, -0.25) is 14.4 Å². The molecule has 6 nitrogen and oxygen atoms in total. The average Bonchev–Trinajstić information content (AvgIpc) is 2.25. The maximum Gasteiger partial charge on any atom is 0.263 e. The molecule has 0 radical (unpaired) electrons. The molecule has 0 bridgehead atoms. The Bertz CT molecular complexity index is 308. The lowest BCUT2D eigenvalue weighted by molar-refractivity contribution is -0.136. The standard InChI is InChI=1S/C11H21N3O3/c1-6-7(15)13-8(9(16)12-5)14-10(17)11(2,3)4/h8H,6H2,1-5H3,(H,12,16)(H,13,15)(H,14,17). The first-order valence-electron chi connectivity index (χ1n) is 5.54. The van der Waals surface area contributed by atoms with Crippen molar-refractivity contribution in [2.24, 2.45) is 5.41 Å². The van der Waals surface area contributed by atoms with Crippen LogP contribution in [0.25, 0.3) is 0 Å². The summed E-state index contributed by atoms with van der Waals surface area (Å²) < 4.78 is 0. The summed E-state index contributed by atoms with van der Waals surface area (Å²) >= 11 is 0. The molecule has 1 atom stereocenters. The molecule has 98 valence electrons. The Morgan fingerprint density at radius 1 is 1.12 bits per heavy atom. The summed E-state index contributed by atoms with van der Waals surface area (Å²) in [6.45, 7) is 6.85. The van der Waals surface area contributed by atoms with Gasteiger partial charge in [-0.15, -0.1) is 0 Å². The van der Waals surface area contributed by atoms with Gasteiger partial charge in [0.15, 0.2) is 6.17 Å². The van der Waals surface area contributed by atoms with Crippen molar-refractivity contribution in [1.82, 2.24) is 16.0 Å². The second kappa shape index (κ2) is 6.22. The SMILES string of the molecule is CCC(=O)NC(NC(=O)C(C)(C)C)C(=O)NC. The monoisotopic (exact) mass is 243 g/mol. The Morgan fingerprint density at radius 2 is 1.65 bits per heavy atom. The van der Waals surface area contributed by atoms with Crippen molar-refractivity contribution < 1.29 is 14.4 Å². The fraction of sp³-hybridized carbons (Fsp3) is 0.727. The zero-order valence-electron chi connectivity index (χ0n) is 11.0. The molecule has 6 heteroatoms. The second-order valence-corrected chi connectivity index (χ2v) is 4.69. The molecule has 0 rings (SSSR count). The molecule has 1 unspecified atom stereocenters. The van der Waals surface area contributed by atoms with Crippen LogP contribution in [0.5, 0.6) is 0 Å². The quantitative estimate of drug-likeness (QED) is 0.595. The Morgan fingerprint density at radius 3 is 2.00 bits per heavy atom. The van der Waals surface area contributed by atoms with Gasteiger partial charge in [0, 0.05) is 18.9 Å². The van der Waals surface area contributed by atoms with Crippen LogP contribution in [0.15, 0.2) is 0 Å². The topological polar surface area (TPSA) is 87.3 Å². The molecule has 0 aliphatic heterocycles. The van der Waals surface area contributed by atoms with Crippen LogP contribution in [0.1, 0.15) is 34.1 Å². The normalized spacial score (nSPS) is 12.5. The van der Waals surface area contributed by atoms with Gasteiger partial charge in [-0.2, -0.15) is 0 Å². The summed E-state index contributed by atoms with van der Waals surface area (Å²) in [5.41, 5.74) is -0.622. The van der Waals surface area contributed by atoms with Crippen LogP contribution in [-0.2, 0) is 14.4 Å². The predicted octanol–water partition coefficient (Wildman–Crippen LogP) is -0.253. The minimum Gasteiger partial charge on any atom is -0.356 e. The van der Waals surface area contributed by atoms with Gasteiger partial charge in [0.1, 0.15) is 0 Å². The minimum atomic E-state index is -1.03. The van der Waals surface area contributed by atoms with E-state index in [4.69, 9.17) is 0 Å². The van der Waals surface area contributed by atoms with Gasteiger partial charge in [0.05, 0.1) is 0 Å². The van der Waals surface area contributed by atoms with E-state index in [2.05, 4.69) is 16.0 Å². The zero-order valence-corrected chi connectivity index (χ0v) is 11.0. The molecule has 0 saturated heterocycles. The van der Waals surface area contributed by atoms with E-state index < -0.39 is 17.5 Å². The molecular formula is C11H21N3O3. The molecule has 0 aliphatic carbocycles. The van der Waals surface area contributed by atoms with E-state index in [9.17, 15) is 14.4 Å². The van der Waals surface area contributed by atoms with E-state index in [1.165, 1.54) is 7.05 Å². The molecule has 0 aromatic heterocycles. The van der Waals surface area contributed by atoms with Gasteiger partial charge in [-0.05, 0) is 0 Å². The van der Waals surface area contributed by atoms with E-state index in [1.807, 2.05) is 0 Å². The molecular weight excluding hydrogens is 222 g/mol. The van der Waals surface area contributed by atoms with Crippen LogP contribution >= 0.6 is 0 Å². The average molecular weight is 243 g/mol. The van der Waals surface area contributed by atoms with Crippen molar-refractivity contribution in [3.63, 3.8) is 0 Å². The highest BCUT2D eigenvalue weighted by Crippen LogP contribution is 2.12. The van der Waals surface area contributed by atoms with Crippen LogP contribution in [0, 0.1) is 5.41 Å². The molecule has 3 amide bonds. The Labute approximate surface area is 102 Å². The molecule has 0 fully saturated rings. The van der Waals surface area contributed by atoms with Gasteiger partial charge in [0.2, 0.25) is 11.8 Å². The number of hydrogen-bond donors (Lipinski definition) is 3. The molecule has 0 aromatic carbocycles. The maximum absolute atomic E-state index is 11.7. The minimum absolute atomic E-state index is 0.249. The Hall–Kier alpha value is -1.59. The number of carbonyl (C=O) groups excluding carboxylic acids is 3. The van der Waals surface area contributed by atoms with Crippen molar-refractivity contribution in [2.45, 2.75) is 40.3 Å². The highest BCUT2D eigenvalue weighted by Gasteiger charge is 2.27. The summed E-state index contributed by atoms with van der Waals surface area (Å²) in [5.74, 6) is -1.06. The van der Waals surface area contributed by atoms with Crippen LogP contribution in [-0.4, -0.2) is 30.9 Å². The van der Waals surface area contributed by atoms with E-state index in [-0.39, 0.29) is 18.2 Å². The predicted molar refractivity (Wildman–Crippen MR) is 63.9 cm³/mol. The maximum atomic E-state index is 11.7. The van der Waals surface area contributed by atoms with E-state index in [0.717, 1.165) is 0 Å². The van der Waals surface area contributed by atoms with Gasteiger partial charge < -0.3 is 16.0 Å². The molecule has 0 aliphatic rings. The fourth-order valence-electron chi connectivity index (χ4n) is 0.922. The van der Waals surface area contributed by atoms with Crippen molar-refractivity contribution in [3.8, 4) is 0 Å². The van der Waals surface area contributed by atoms with Gasteiger partial charge in [0.25, 0.3) is 5.91 Å². The molecule has 0 saturated carbocycles. The Kier molecular flexibility index (Phi) is 5.64. The molecule has 3 N–H and O–H groups in total. The van der Waals surface area contributed by atoms with E-state index >= 15 is 0 Å². The summed E-state index contributed by atoms with van der Waals surface area (Å²) in [4.78, 5) is 34.4. The number of carbonyl (C=O) groups is 3. The highest BCUT2D eigenvalue weighted by atomic mass is 16.2. The van der Waals surface area contributed by atoms with Crippen molar-refractivity contribution in [3.05, 3.63) is 0 Å². The fourth-order valence-corrected chi connectivity index (χ4v) is 0.922. The smallest absolute Gasteiger partial charge is 0.263 e.